The van der Waals surface area contributed by atoms with Crippen molar-refractivity contribution in [3.05, 3.63) is 47.3 Å². The molecule has 0 bridgehead atoms. The molecule has 0 aliphatic carbocycles. The van der Waals surface area contributed by atoms with Gasteiger partial charge in [-0.15, -0.1) is 5.10 Å². The van der Waals surface area contributed by atoms with Gasteiger partial charge in [0.05, 0.1) is 17.1 Å². The average molecular weight is 308 g/mol. The Morgan fingerprint density at radius 2 is 1.83 bits per heavy atom. The molecule has 0 aliphatic heterocycles. The van der Waals surface area contributed by atoms with Crippen LogP contribution in [-0.4, -0.2) is 15.0 Å². The first-order chi connectivity index (χ1) is 8.72. The lowest BCUT2D eigenvalue weighted by Crippen LogP contribution is -2.00. The van der Waals surface area contributed by atoms with Crippen molar-refractivity contribution < 1.29 is 0 Å². The molecule has 0 spiro atoms. The Labute approximate surface area is 116 Å². The number of benzene rings is 1. The SMILES string of the molecule is CCc1ccc(Cn2cc(C(Br)CC)nn2)cc1. The topological polar surface area (TPSA) is 30.7 Å². The standard InChI is InChI=1S/C14H18BrN3/c1-3-11-5-7-12(8-6-11)9-18-10-14(16-17-18)13(15)4-2/h5-8,10,13H,3-4,9H2,1-2H3. The van der Waals surface area contributed by atoms with E-state index in [1.54, 1.807) is 0 Å². The van der Waals surface area contributed by atoms with E-state index in [1.807, 2.05) is 10.9 Å². The summed E-state index contributed by atoms with van der Waals surface area (Å²) in [5.41, 5.74) is 3.62. The lowest BCUT2D eigenvalue weighted by atomic mass is 10.1. The predicted octanol–water partition coefficient (Wildman–Crippen LogP) is 3.73. The van der Waals surface area contributed by atoms with E-state index >= 15 is 0 Å². The fourth-order valence-corrected chi connectivity index (χ4v) is 2.02. The molecule has 4 heteroatoms. The van der Waals surface area contributed by atoms with Crippen molar-refractivity contribution in [2.24, 2.45) is 0 Å². The molecule has 0 saturated carbocycles. The van der Waals surface area contributed by atoms with Gasteiger partial charge in [0.1, 0.15) is 0 Å². The molecular formula is C14H18BrN3. The van der Waals surface area contributed by atoms with Crippen molar-refractivity contribution in [1.29, 1.82) is 0 Å². The van der Waals surface area contributed by atoms with Crippen molar-refractivity contribution in [3.8, 4) is 0 Å². The van der Waals surface area contributed by atoms with Crippen molar-refractivity contribution in [1.82, 2.24) is 15.0 Å². The van der Waals surface area contributed by atoms with E-state index in [1.165, 1.54) is 11.1 Å². The zero-order valence-electron chi connectivity index (χ0n) is 10.8. The van der Waals surface area contributed by atoms with Gasteiger partial charge in [-0.05, 0) is 24.0 Å². The third kappa shape index (κ3) is 3.19. The van der Waals surface area contributed by atoms with E-state index in [0.717, 1.165) is 25.1 Å². The number of alkyl halides is 1. The first-order valence-corrected chi connectivity index (χ1v) is 7.26. The van der Waals surface area contributed by atoms with Crippen LogP contribution in [0.5, 0.6) is 0 Å². The number of hydrogen-bond donors (Lipinski definition) is 0. The Morgan fingerprint density at radius 3 is 2.44 bits per heavy atom. The minimum absolute atomic E-state index is 0.300. The molecule has 1 aromatic heterocycles. The van der Waals surface area contributed by atoms with Crippen LogP contribution in [-0.2, 0) is 13.0 Å². The quantitative estimate of drug-likeness (QED) is 0.788. The van der Waals surface area contributed by atoms with E-state index in [4.69, 9.17) is 0 Å². The fourth-order valence-electron chi connectivity index (χ4n) is 1.81. The highest BCUT2D eigenvalue weighted by atomic mass is 79.9. The van der Waals surface area contributed by atoms with Crippen LogP contribution in [0.15, 0.2) is 30.5 Å². The number of hydrogen-bond acceptors (Lipinski definition) is 2. The molecule has 0 aliphatic rings. The molecule has 1 heterocycles. The molecule has 1 atom stereocenters. The third-order valence-electron chi connectivity index (χ3n) is 3.01. The minimum atomic E-state index is 0.300. The van der Waals surface area contributed by atoms with Crippen LogP contribution in [0.25, 0.3) is 0 Å². The van der Waals surface area contributed by atoms with Crippen LogP contribution in [0.4, 0.5) is 0 Å². The molecule has 3 nitrogen and oxygen atoms in total. The number of nitrogens with zero attached hydrogens (tertiary/aromatic N) is 3. The van der Waals surface area contributed by atoms with Crippen LogP contribution in [0.2, 0.25) is 0 Å². The maximum atomic E-state index is 4.18. The molecule has 0 radical (unpaired) electrons. The Balaban J connectivity index is 2.06. The van der Waals surface area contributed by atoms with Crippen LogP contribution in [0.3, 0.4) is 0 Å². The summed E-state index contributed by atoms with van der Waals surface area (Å²) in [6.45, 7) is 5.07. The second-order valence-corrected chi connectivity index (χ2v) is 5.49. The fraction of sp³-hybridized carbons (Fsp3) is 0.429. The number of rotatable bonds is 5. The van der Waals surface area contributed by atoms with Crippen molar-refractivity contribution in [2.75, 3.05) is 0 Å². The van der Waals surface area contributed by atoms with Gasteiger partial charge in [0.15, 0.2) is 0 Å². The van der Waals surface area contributed by atoms with Gasteiger partial charge < -0.3 is 0 Å². The largest absolute Gasteiger partial charge is 0.248 e. The molecular weight excluding hydrogens is 290 g/mol. The third-order valence-corrected chi connectivity index (χ3v) is 4.13. The van der Waals surface area contributed by atoms with Crippen molar-refractivity contribution in [3.63, 3.8) is 0 Å². The summed E-state index contributed by atoms with van der Waals surface area (Å²) in [6.07, 6.45) is 4.11. The zero-order valence-corrected chi connectivity index (χ0v) is 12.4. The Morgan fingerprint density at radius 1 is 1.17 bits per heavy atom. The van der Waals surface area contributed by atoms with Gasteiger partial charge in [-0.2, -0.15) is 0 Å². The minimum Gasteiger partial charge on any atom is -0.248 e. The van der Waals surface area contributed by atoms with Gasteiger partial charge in [-0.3, -0.25) is 0 Å². The molecule has 18 heavy (non-hydrogen) atoms. The highest BCUT2D eigenvalue weighted by Crippen LogP contribution is 2.23. The van der Waals surface area contributed by atoms with E-state index in [-0.39, 0.29) is 0 Å². The van der Waals surface area contributed by atoms with Gasteiger partial charge in [0.2, 0.25) is 0 Å². The van der Waals surface area contributed by atoms with Gasteiger partial charge in [0.25, 0.3) is 0 Å². The summed E-state index contributed by atoms with van der Waals surface area (Å²) >= 11 is 3.59. The molecule has 96 valence electrons. The molecule has 0 fully saturated rings. The van der Waals surface area contributed by atoms with Gasteiger partial charge >= 0.3 is 0 Å². The van der Waals surface area contributed by atoms with E-state index in [2.05, 4.69) is 64.4 Å². The summed E-state index contributed by atoms with van der Waals surface area (Å²) in [5, 5.41) is 8.34. The summed E-state index contributed by atoms with van der Waals surface area (Å²) in [6, 6.07) is 8.66. The smallest absolute Gasteiger partial charge is 0.0963 e. The highest BCUT2D eigenvalue weighted by molar-refractivity contribution is 9.09. The summed E-state index contributed by atoms with van der Waals surface area (Å²) < 4.78 is 1.89. The molecule has 1 unspecified atom stereocenters. The first-order valence-electron chi connectivity index (χ1n) is 6.34. The summed E-state index contributed by atoms with van der Waals surface area (Å²) in [4.78, 5) is 0.300. The summed E-state index contributed by atoms with van der Waals surface area (Å²) in [5.74, 6) is 0. The molecule has 0 amide bonds. The lowest BCUT2D eigenvalue weighted by Gasteiger charge is -2.03. The van der Waals surface area contributed by atoms with Gasteiger partial charge in [-0.25, -0.2) is 4.68 Å². The average Bonchev–Trinajstić information content (AvgIpc) is 2.87. The monoisotopic (exact) mass is 307 g/mol. The first kappa shape index (κ1) is 13.3. The Bertz CT molecular complexity index is 490. The maximum absolute atomic E-state index is 4.18. The normalized spacial score (nSPS) is 12.6. The van der Waals surface area contributed by atoms with E-state index in [9.17, 15) is 0 Å². The van der Waals surface area contributed by atoms with E-state index < -0.39 is 0 Å². The van der Waals surface area contributed by atoms with Gasteiger partial charge in [-0.1, -0.05) is 59.3 Å². The number of halogens is 1. The second kappa shape index (κ2) is 6.14. The molecule has 2 aromatic rings. The second-order valence-electron chi connectivity index (χ2n) is 4.39. The highest BCUT2D eigenvalue weighted by Gasteiger charge is 2.09. The van der Waals surface area contributed by atoms with Crippen molar-refractivity contribution in [2.45, 2.75) is 38.1 Å². The molecule has 2 rings (SSSR count). The Hall–Kier alpha value is -1.16. The van der Waals surface area contributed by atoms with Crippen LogP contribution >= 0.6 is 15.9 Å². The van der Waals surface area contributed by atoms with Crippen molar-refractivity contribution >= 4 is 15.9 Å². The predicted molar refractivity (Wildman–Crippen MR) is 76.9 cm³/mol. The van der Waals surface area contributed by atoms with Crippen LogP contribution in [0.1, 0.15) is 41.9 Å². The zero-order chi connectivity index (χ0) is 13.0. The molecule has 0 saturated heterocycles. The molecule has 1 aromatic carbocycles. The van der Waals surface area contributed by atoms with Crippen LogP contribution in [0, 0.1) is 0 Å². The van der Waals surface area contributed by atoms with E-state index in [0.29, 0.717) is 4.83 Å². The maximum Gasteiger partial charge on any atom is 0.0963 e. The molecule has 0 N–H and O–H groups in total. The number of aromatic nitrogens is 3. The Kier molecular flexibility index (Phi) is 4.53. The lowest BCUT2D eigenvalue weighted by molar-refractivity contribution is 0.649. The van der Waals surface area contributed by atoms with Gasteiger partial charge in [0, 0.05) is 6.20 Å². The van der Waals surface area contributed by atoms with Crippen LogP contribution < -0.4 is 0 Å². The number of aryl methyl sites for hydroxylation is 1. The summed E-state index contributed by atoms with van der Waals surface area (Å²) in [7, 11) is 0.